The van der Waals surface area contributed by atoms with Gasteiger partial charge in [-0.3, -0.25) is 4.79 Å². The van der Waals surface area contributed by atoms with E-state index in [4.69, 9.17) is 0 Å². The zero-order chi connectivity index (χ0) is 15.6. The van der Waals surface area contributed by atoms with Gasteiger partial charge in [0.05, 0.1) is 12.1 Å². The fraction of sp³-hybridized carbons (Fsp3) is 0.615. The smallest absolute Gasteiger partial charge is 0.268 e. The summed E-state index contributed by atoms with van der Waals surface area (Å²) in [5.74, 6) is -0.374. The summed E-state index contributed by atoms with van der Waals surface area (Å²) in [6.07, 6.45) is 4.19. The number of hydrogen-bond donors (Lipinski definition) is 3. The van der Waals surface area contributed by atoms with Crippen molar-refractivity contribution < 1.29 is 18.3 Å². The second-order valence-electron chi connectivity index (χ2n) is 5.31. The van der Waals surface area contributed by atoms with E-state index in [1.165, 1.54) is 23.9 Å². The number of aliphatic hydroxyl groups excluding tert-OH is 1. The van der Waals surface area contributed by atoms with Crippen LogP contribution in [0.2, 0.25) is 0 Å². The number of rotatable bonds is 4. The Labute approximate surface area is 124 Å². The molecule has 1 saturated carbocycles. The van der Waals surface area contributed by atoms with Gasteiger partial charge >= 0.3 is 0 Å². The van der Waals surface area contributed by atoms with Gasteiger partial charge in [-0.25, -0.2) is 13.1 Å². The summed E-state index contributed by atoms with van der Waals surface area (Å²) < 4.78 is 27.1. The van der Waals surface area contributed by atoms with Crippen LogP contribution in [0.3, 0.4) is 0 Å². The zero-order valence-electron chi connectivity index (χ0n) is 12.2. The van der Waals surface area contributed by atoms with E-state index in [1.807, 2.05) is 0 Å². The molecule has 0 unspecified atom stereocenters. The van der Waals surface area contributed by atoms with Crippen LogP contribution in [-0.2, 0) is 17.1 Å². The Morgan fingerprint density at radius 2 is 2.05 bits per heavy atom. The molecule has 1 heterocycles. The van der Waals surface area contributed by atoms with Crippen molar-refractivity contribution in [3.05, 3.63) is 18.0 Å². The Balaban J connectivity index is 2.16. The number of nitrogens with one attached hydrogen (secondary N) is 2. The second-order valence-corrected chi connectivity index (χ2v) is 7.20. The Morgan fingerprint density at radius 1 is 1.38 bits per heavy atom. The van der Waals surface area contributed by atoms with Crippen molar-refractivity contribution in [2.75, 3.05) is 7.05 Å². The number of carbonyl (C=O) groups excluding carboxylic acids is 1. The van der Waals surface area contributed by atoms with Gasteiger partial charge in [0.1, 0.15) is 10.6 Å². The van der Waals surface area contributed by atoms with Crippen LogP contribution in [0.1, 0.15) is 36.2 Å². The SMILES string of the molecule is CNS(=O)(=O)c1cc(C(=O)N[C@H]2CCCC[C@@H]2O)n(C)c1. The molecule has 0 aliphatic heterocycles. The van der Waals surface area contributed by atoms with E-state index < -0.39 is 16.1 Å². The van der Waals surface area contributed by atoms with Crippen molar-refractivity contribution in [1.82, 2.24) is 14.6 Å². The summed E-state index contributed by atoms with van der Waals surface area (Å²) in [7, 11) is -0.646. The molecule has 1 aliphatic carbocycles. The van der Waals surface area contributed by atoms with Crippen molar-refractivity contribution >= 4 is 15.9 Å². The molecule has 0 radical (unpaired) electrons. The van der Waals surface area contributed by atoms with Crippen molar-refractivity contribution in [3.63, 3.8) is 0 Å². The van der Waals surface area contributed by atoms with E-state index in [1.54, 1.807) is 7.05 Å². The third-order valence-electron chi connectivity index (χ3n) is 3.84. The van der Waals surface area contributed by atoms with Crippen molar-refractivity contribution in [3.8, 4) is 0 Å². The second kappa shape index (κ2) is 6.17. The van der Waals surface area contributed by atoms with Crippen LogP contribution in [0.15, 0.2) is 17.2 Å². The number of aromatic nitrogens is 1. The predicted molar refractivity (Wildman–Crippen MR) is 77.4 cm³/mol. The van der Waals surface area contributed by atoms with Crippen LogP contribution in [0, 0.1) is 0 Å². The van der Waals surface area contributed by atoms with E-state index in [0.717, 1.165) is 19.3 Å². The number of sulfonamides is 1. The third kappa shape index (κ3) is 3.45. The summed E-state index contributed by atoms with van der Waals surface area (Å²) in [5, 5.41) is 12.7. The van der Waals surface area contributed by atoms with Crippen LogP contribution in [0.25, 0.3) is 0 Å². The lowest BCUT2D eigenvalue weighted by Gasteiger charge is -2.28. The molecule has 1 aliphatic rings. The number of hydrogen-bond acceptors (Lipinski definition) is 4. The lowest BCUT2D eigenvalue weighted by Crippen LogP contribution is -2.45. The molecule has 1 aromatic heterocycles. The van der Waals surface area contributed by atoms with E-state index in [-0.39, 0.29) is 22.5 Å². The lowest BCUT2D eigenvalue weighted by atomic mass is 9.92. The van der Waals surface area contributed by atoms with Gasteiger partial charge in [-0.1, -0.05) is 12.8 Å². The zero-order valence-corrected chi connectivity index (χ0v) is 13.0. The maximum absolute atomic E-state index is 12.2. The minimum atomic E-state index is -3.58. The first-order valence-electron chi connectivity index (χ1n) is 6.94. The predicted octanol–water partition coefficient (Wildman–Crippen LogP) is -0.0335. The Morgan fingerprint density at radius 3 is 2.67 bits per heavy atom. The highest BCUT2D eigenvalue weighted by atomic mass is 32.2. The molecule has 1 amide bonds. The average Bonchev–Trinajstić information content (AvgIpc) is 2.84. The molecule has 0 bridgehead atoms. The van der Waals surface area contributed by atoms with Gasteiger partial charge in [0, 0.05) is 13.2 Å². The standard InChI is InChI=1S/C13H21N3O4S/c1-14-21(19,20)9-7-11(16(2)8-9)13(18)15-10-5-3-4-6-12(10)17/h7-8,10,12,14,17H,3-6H2,1-2H3,(H,15,18)/t10-,12-/m0/s1. The fourth-order valence-corrected chi connectivity index (χ4v) is 3.35. The first-order valence-corrected chi connectivity index (χ1v) is 8.42. The van der Waals surface area contributed by atoms with Crippen molar-refractivity contribution in [2.45, 2.75) is 42.7 Å². The molecule has 0 aromatic carbocycles. The molecular formula is C13H21N3O4S. The molecule has 1 fully saturated rings. The normalized spacial score (nSPS) is 23.0. The maximum atomic E-state index is 12.2. The summed E-state index contributed by atoms with van der Waals surface area (Å²) in [5.41, 5.74) is 0.251. The average molecular weight is 315 g/mol. The third-order valence-corrected chi connectivity index (χ3v) is 5.22. The van der Waals surface area contributed by atoms with Crippen LogP contribution in [0.5, 0.6) is 0 Å². The van der Waals surface area contributed by atoms with Gasteiger partial charge in [-0.2, -0.15) is 0 Å². The molecule has 118 valence electrons. The highest BCUT2D eigenvalue weighted by Gasteiger charge is 2.26. The van der Waals surface area contributed by atoms with Gasteiger partial charge in [0.2, 0.25) is 10.0 Å². The van der Waals surface area contributed by atoms with Gasteiger partial charge in [0.25, 0.3) is 5.91 Å². The summed E-state index contributed by atoms with van der Waals surface area (Å²) in [6, 6.07) is 1.06. The fourth-order valence-electron chi connectivity index (χ4n) is 2.55. The van der Waals surface area contributed by atoms with E-state index >= 15 is 0 Å². The van der Waals surface area contributed by atoms with Crippen LogP contribution >= 0.6 is 0 Å². The summed E-state index contributed by atoms with van der Waals surface area (Å²) in [4.78, 5) is 12.3. The summed E-state index contributed by atoms with van der Waals surface area (Å²) in [6.45, 7) is 0. The lowest BCUT2D eigenvalue weighted by molar-refractivity contribution is 0.0711. The van der Waals surface area contributed by atoms with Crippen molar-refractivity contribution in [2.24, 2.45) is 7.05 Å². The minimum Gasteiger partial charge on any atom is -0.391 e. The number of aliphatic hydroxyl groups is 1. The first-order chi connectivity index (χ1) is 9.85. The van der Waals surface area contributed by atoms with Crippen LogP contribution in [-0.4, -0.2) is 43.2 Å². The van der Waals surface area contributed by atoms with Crippen molar-refractivity contribution in [1.29, 1.82) is 0 Å². The minimum absolute atomic E-state index is 0.0434. The molecule has 0 saturated heterocycles. The maximum Gasteiger partial charge on any atom is 0.268 e. The molecule has 7 nitrogen and oxygen atoms in total. The molecule has 1 aromatic rings. The molecule has 21 heavy (non-hydrogen) atoms. The number of carbonyl (C=O) groups is 1. The van der Waals surface area contributed by atoms with Gasteiger partial charge in [-0.05, 0) is 26.0 Å². The Hall–Kier alpha value is -1.38. The number of amides is 1. The number of aryl methyl sites for hydroxylation is 1. The first kappa shape index (κ1) is 16.0. The molecule has 0 spiro atoms. The Kier molecular flexibility index (Phi) is 4.70. The number of nitrogens with zero attached hydrogens (tertiary/aromatic N) is 1. The molecule has 2 rings (SSSR count). The Bertz CT molecular complexity index is 623. The van der Waals surface area contributed by atoms with Crippen LogP contribution in [0.4, 0.5) is 0 Å². The quantitative estimate of drug-likeness (QED) is 0.726. The summed E-state index contributed by atoms with van der Waals surface area (Å²) >= 11 is 0. The topological polar surface area (TPSA) is 100 Å². The van der Waals surface area contributed by atoms with Gasteiger partial charge < -0.3 is 15.0 Å². The van der Waals surface area contributed by atoms with Gasteiger partial charge in [-0.15, -0.1) is 0 Å². The molecule has 2 atom stereocenters. The van der Waals surface area contributed by atoms with E-state index in [9.17, 15) is 18.3 Å². The largest absolute Gasteiger partial charge is 0.391 e. The molecular weight excluding hydrogens is 294 g/mol. The highest BCUT2D eigenvalue weighted by molar-refractivity contribution is 7.89. The van der Waals surface area contributed by atoms with Crippen LogP contribution < -0.4 is 10.0 Å². The monoisotopic (exact) mass is 315 g/mol. The highest BCUT2D eigenvalue weighted by Crippen LogP contribution is 2.19. The van der Waals surface area contributed by atoms with E-state index in [0.29, 0.717) is 6.42 Å². The van der Waals surface area contributed by atoms with E-state index in [2.05, 4.69) is 10.0 Å². The van der Waals surface area contributed by atoms with Gasteiger partial charge in [0.15, 0.2) is 0 Å². The molecule has 8 heteroatoms. The molecule has 3 N–H and O–H groups in total.